The molecule has 0 rings (SSSR count). The molecule has 0 aromatic heterocycles. The predicted molar refractivity (Wildman–Crippen MR) is 70.7 cm³/mol. The minimum absolute atomic E-state index is 0.529. The Morgan fingerprint density at radius 1 is 1.33 bits per heavy atom. The van der Waals surface area contributed by atoms with E-state index in [1.54, 1.807) is 0 Å². The summed E-state index contributed by atoms with van der Waals surface area (Å²) in [5, 5.41) is 0. The van der Waals surface area contributed by atoms with Crippen LogP contribution in [0.3, 0.4) is 0 Å². The van der Waals surface area contributed by atoms with Gasteiger partial charge in [0.25, 0.3) is 0 Å². The van der Waals surface area contributed by atoms with Gasteiger partial charge in [-0.2, -0.15) is 0 Å². The molecule has 0 heterocycles. The van der Waals surface area contributed by atoms with Crippen LogP contribution in [0.2, 0.25) is 19.6 Å². The van der Waals surface area contributed by atoms with Crippen LogP contribution in [0.25, 0.3) is 0 Å². The number of aliphatic imine (C=N–C) groups is 1. The Morgan fingerprint density at radius 3 is 2.20 bits per heavy atom. The van der Waals surface area contributed by atoms with E-state index >= 15 is 0 Å². The van der Waals surface area contributed by atoms with Crippen LogP contribution in [-0.2, 0) is 4.43 Å². The summed E-state index contributed by atoms with van der Waals surface area (Å²) in [6.07, 6.45) is 2.85. The molecule has 0 aromatic rings. The molecule has 0 amide bonds. The van der Waals surface area contributed by atoms with Gasteiger partial charge in [0, 0.05) is 6.21 Å². The Labute approximate surface area is 94.9 Å². The third kappa shape index (κ3) is 7.14. The molecule has 0 saturated carbocycles. The van der Waals surface area contributed by atoms with Crippen molar-refractivity contribution in [2.45, 2.75) is 46.8 Å². The fraction of sp³-hybridized carbons (Fsp3) is 0.583. The van der Waals surface area contributed by atoms with Gasteiger partial charge in [0.05, 0.1) is 0 Å². The van der Waals surface area contributed by atoms with Gasteiger partial charge in [-0.15, -0.1) is 0 Å². The second-order valence-electron chi connectivity index (χ2n) is 4.75. The van der Waals surface area contributed by atoms with E-state index in [0.29, 0.717) is 5.88 Å². The van der Waals surface area contributed by atoms with Gasteiger partial charge in [0.1, 0.15) is 0 Å². The topological polar surface area (TPSA) is 21.6 Å². The lowest BCUT2D eigenvalue weighted by molar-refractivity contribution is 0.421. The first-order chi connectivity index (χ1) is 6.76. The maximum absolute atomic E-state index is 5.64. The van der Waals surface area contributed by atoms with Gasteiger partial charge in [-0.05, 0) is 52.1 Å². The second-order valence-corrected chi connectivity index (χ2v) is 9.17. The van der Waals surface area contributed by atoms with Crippen LogP contribution in [-0.4, -0.2) is 14.5 Å². The first-order valence-corrected chi connectivity index (χ1v) is 8.75. The predicted octanol–water partition coefficient (Wildman–Crippen LogP) is 4.13. The molecule has 0 spiro atoms. The van der Waals surface area contributed by atoms with E-state index in [1.807, 2.05) is 6.21 Å². The first-order valence-electron chi connectivity index (χ1n) is 5.34. The first kappa shape index (κ1) is 14.2. The van der Waals surface area contributed by atoms with Crippen LogP contribution >= 0.6 is 0 Å². The maximum atomic E-state index is 5.64. The average molecular weight is 225 g/mol. The van der Waals surface area contributed by atoms with E-state index in [1.165, 1.54) is 11.1 Å². The lowest BCUT2D eigenvalue weighted by Gasteiger charge is -2.18. The Bertz CT molecular complexity index is 280. The Balaban J connectivity index is 4.42. The van der Waals surface area contributed by atoms with Crippen molar-refractivity contribution in [3.05, 3.63) is 23.6 Å². The fourth-order valence-electron chi connectivity index (χ4n) is 1.10. The third-order valence-corrected chi connectivity index (χ3v) is 2.66. The highest BCUT2D eigenvalue weighted by atomic mass is 28.4. The summed E-state index contributed by atoms with van der Waals surface area (Å²) in [5.74, 6) is 0.529. The Morgan fingerprint density at radius 2 is 1.87 bits per heavy atom. The van der Waals surface area contributed by atoms with Crippen LogP contribution in [0.1, 0.15) is 27.2 Å². The smallest absolute Gasteiger partial charge is 0.244 e. The van der Waals surface area contributed by atoms with Gasteiger partial charge in [0.2, 0.25) is 8.32 Å². The van der Waals surface area contributed by atoms with Gasteiger partial charge in [-0.25, -0.2) is 4.99 Å². The van der Waals surface area contributed by atoms with Crippen molar-refractivity contribution < 1.29 is 4.43 Å². The molecule has 3 heteroatoms. The van der Waals surface area contributed by atoms with E-state index in [4.69, 9.17) is 4.43 Å². The van der Waals surface area contributed by atoms with Crippen molar-refractivity contribution in [3.63, 3.8) is 0 Å². The van der Waals surface area contributed by atoms with Gasteiger partial charge >= 0.3 is 0 Å². The van der Waals surface area contributed by atoms with E-state index < -0.39 is 8.32 Å². The van der Waals surface area contributed by atoms with Crippen LogP contribution in [0.15, 0.2) is 28.6 Å². The third-order valence-electron chi connectivity index (χ3n) is 1.81. The van der Waals surface area contributed by atoms with E-state index in [-0.39, 0.29) is 0 Å². The van der Waals surface area contributed by atoms with E-state index in [9.17, 15) is 0 Å². The van der Waals surface area contributed by atoms with Crippen LogP contribution in [0, 0.1) is 0 Å². The van der Waals surface area contributed by atoms with E-state index in [0.717, 1.165) is 6.42 Å². The van der Waals surface area contributed by atoms with Crippen LogP contribution in [0.4, 0.5) is 0 Å². The molecule has 0 atom stereocenters. The zero-order valence-electron chi connectivity index (χ0n) is 10.8. The summed E-state index contributed by atoms with van der Waals surface area (Å²) in [4.78, 5) is 4.24. The zero-order chi connectivity index (χ0) is 12.1. The summed E-state index contributed by atoms with van der Waals surface area (Å²) in [5.41, 5.74) is 2.54. The van der Waals surface area contributed by atoms with Crippen molar-refractivity contribution >= 4 is 14.5 Å². The molecule has 0 N–H and O–H groups in total. The van der Waals surface area contributed by atoms with Crippen LogP contribution < -0.4 is 0 Å². The molecule has 2 nitrogen and oxygen atoms in total. The van der Waals surface area contributed by atoms with Gasteiger partial charge in [-0.1, -0.05) is 12.5 Å². The SMILES string of the molecule is C=C(N=CC(CC)=C(C)C)O[Si](C)(C)C. The second kappa shape index (κ2) is 5.91. The molecule has 0 aliphatic heterocycles. The van der Waals surface area contributed by atoms with Crippen molar-refractivity contribution in [1.29, 1.82) is 0 Å². The standard InChI is InChI=1S/C12H23NOSi/c1-8-12(10(2)3)9-13-11(4)14-15(5,6)7/h9H,4,8H2,1-3,5-7H3. The molecule has 0 unspecified atom stereocenters. The molecular formula is C12H23NOSi. The monoisotopic (exact) mass is 225 g/mol. The maximum Gasteiger partial charge on any atom is 0.244 e. The highest BCUT2D eigenvalue weighted by Crippen LogP contribution is 2.11. The number of hydrogen-bond donors (Lipinski definition) is 0. The van der Waals surface area contributed by atoms with Crippen molar-refractivity contribution in [1.82, 2.24) is 0 Å². The van der Waals surface area contributed by atoms with Crippen molar-refractivity contribution in [3.8, 4) is 0 Å². The summed E-state index contributed by atoms with van der Waals surface area (Å²) in [6.45, 7) is 16.5. The molecule has 15 heavy (non-hydrogen) atoms. The lowest BCUT2D eigenvalue weighted by atomic mass is 10.1. The normalized spacial score (nSPS) is 11.6. The number of rotatable bonds is 5. The molecule has 0 aliphatic rings. The molecular weight excluding hydrogens is 202 g/mol. The van der Waals surface area contributed by atoms with Crippen LogP contribution in [0.5, 0.6) is 0 Å². The number of hydrogen-bond acceptors (Lipinski definition) is 2. The fourth-order valence-corrected chi connectivity index (χ4v) is 1.86. The molecule has 0 fully saturated rings. The van der Waals surface area contributed by atoms with Crippen molar-refractivity contribution in [2.75, 3.05) is 0 Å². The summed E-state index contributed by atoms with van der Waals surface area (Å²) in [7, 11) is -1.56. The minimum Gasteiger partial charge on any atom is -0.532 e. The van der Waals surface area contributed by atoms with Gasteiger partial charge < -0.3 is 4.43 Å². The molecule has 0 bridgehead atoms. The van der Waals surface area contributed by atoms with Gasteiger partial charge in [0.15, 0.2) is 5.88 Å². The van der Waals surface area contributed by atoms with Crippen molar-refractivity contribution in [2.24, 2.45) is 4.99 Å². The highest BCUT2D eigenvalue weighted by Gasteiger charge is 2.16. The number of nitrogens with zero attached hydrogens (tertiary/aromatic N) is 1. The van der Waals surface area contributed by atoms with Gasteiger partial charge in [-0.3, -0.25) is 0 Å². The average Bonchev–Trinajstić information content (AvgIpc) is 2.01. The number of allylic oxidation sites excluding steroid dienone is 2. The molecule has 86 valence electrons. The largest absolute Gasteiger partial charge is 0.532 e. The summed E-state index contributed by atoms with van der Waals surface area (Å²) >= 11 is 0. The molecule has 0 aliphatic carbocycles. The molecule has 0 aromatic carbocycles. The Hall–Kier alpha value is -0.833. The zero-order valence-corrected chi connectivity index (χ0v) is 11.8. The summed E-state index contributed by atoms with van der Waals surface area (Å²) in [6, 6.07) is 0. The lowest BCUT2D eigenvalue weighted by Crippen LogP contribution is -2.24. The molecule has 0 radical (unpaired) electrons. The Kier molecular flexibility index (Phi) is 5.58. The van der Waals surface area contributed by atoms with E-state index in [2.05, 4.69) is 52.0 Å². The minimum atomic E-state index is -1.56. The highest BCUT2D eigenvalue weighted by molar-refractivity contribution is 6.70. The quantitative estimate of drug-likeness (QED) is 0.392. The summed E-state index contributed by atoms with van der Waals surface area (Å²) < 4.78 is 5.64. The molecule has 0 saturated heterocycles.